The first-order valence-corrected chi connectivity index (χ1v) is 8.22. The number of carbonyl (C=O) groups excluding carboxylic acids is 1. The van der Waals surface area contributed by atoms with Crippen LogP contribution in [0, 0.1) is 0 Å². The van der Waals surface area contributed by atoms with Gasteiger partial charge in [-0.05, 0) is 36.1 Å². The lowest BCUT2D eigenvalue weighted by Gasteiger charge is -2.37. The number of esters is 1. The van der Waals surface area contributed by atoms with E-state index in [4.69, 9.17) is 4.74 Å². The summed E-state index contributed by atoms with van der Waals surface area (Å²) in [6, 6.07) is 0. The van der Waals surface area contributed by atoms with Gasteiger partial charge in [0.2, 0.25) is 5.16 Å². The van der Waals surface area contributed by atoms with Crippen LogP contribution in [0.15, 0.2) is 5.16 Å². The van der Waals surface area contributed by atoms with E-state index in [9.17, 15) is 4.79 Å². The van der Waals surface area contributed by atoms with E-state index in [-0.39, 0.29) is 18.1 Å². The van der Waals surface area contributed by atoms with Gasteiger partial charge in [0.15, 0.2) is 0 Å². The quantitative estimate of drug-likeness (QED) is 0.778. The van der Waals surface area contributed by atoms with Crippen LogP contribution in [0.1, 0.15) is 38.5 Å². The van der Waals surface area contributed by atoms with Crippen LogP contribution in [0.5, 0.6) is 0 Å². The van der Waals surface area contributed by atoms with E-state index in [2.05, 4.69) is 20.3 Å². The minimum Gasteiger partial charge on any atom is -0.468 e. The molecule has 116 valence electrons. The van der Waals surface area contributed by atoms with Gasteiger partial charge in [0, 0.05) is 11.9 Å². The zero-order valence-electron chi connectivity index (χ0n) is 12.2. The zero-order chi connectivity index (χ0) is 14.7. The average molecular weight is 312 g/mol. The Kier molecular flexibility index (Phi) is 4.44. The molecule has 0 aromatic carbocycles. The number of hydrogen-bond donors (Lipinski definition) is 0. The van der Waals surface area contributed by atoms with E-state index in [0.717, 1.165) is 32.3 Å². The molecule has 1 aromatic heterocycles. The van der Waals surface area contributed by atoms with E-state index in [1.165, 1.54) is 24.6 Å². The molecule has 2 fully saturated rings. The SMILES string of the molecule is COC(=O)Cn1nnnc1SC1CCOC2(CCCC2)C1. The summed E-state index contributed by atoms with van der Waals surface area (Å²) in [5.74, 6) is -0.344. The number of tetrazole rings is 1. The molecule has 0 amide bonds. The van der Waals surface area contributed by atoms with Gasteiger partial charge < -0.3 is 9.47 Å². The molecule has 2 aliphatic rings. The molecule has 1 saturated heterocycles. The van der Waals surface area contributed by atoms with Gasteiger partial charge in [-0.15, -0.1) is 5.10 Å². The predicted octanol–water partition coefficient (Wildman–Crippen LogP) is 1.43. The summed E-state index contributed by atoms with van der Waals surface area (Å²) in [6.45, 7) is 0.858. The normalized spacial score (nSPS) is 24.3. The molecule has 8 heteroatoms. The molecule has 0 radical (unpaired) electrons. The number of hydrogen-bond acceptors (Lipinski definition) is 7. The Balaban J connectivity index is 1.63. The van der Waals surface area contributed by atoms with Gasteiger partial charge in [0.25, 0.3) is 0 Å². The predicted molar refractivity (Wildman–Crippen MR) is 75.9 cm³/mol. The van der Waals surface area contributed by atoms with Crippen LogP contribution in [0.4, 0.5) is 0 Å². The maximum Gasteiger partial charge on any atom is 0.327 e. The van der Waals surface area contributed by atoms with E-state index in [1.54, 1.807) is 11.8 Å². The molecule has 1 aromatic rings. The summed E-state index contributed by atoms with van der Waals surface area (Å²) < 4.78 is 12.2. The number of aromatic nitrogens is 4. The lowest BCUT2D eigenvalue weighted by molar-refractivity contribution is -0.141. The molecule has 3 rings (SSSR count). The highest BCUT2D eigenvalue weighted by Crippen LogP contribution is 2.43. The molecular formula is C13H20N4O3S. The summed E-state index contributed by atoms with van der Waals surface area (Å²) in [5.41, 5.74) is 0.0799. The van der Waals surface area contributed by atoms with Gasteiger partial charge in [-0.2, -0.15) is 0 Å². The Bertz CT molecular complexity index is 501. The largest absolute Gasteiger partial charge is 0.468 e. The second-order valence-corrected chi connectivity index (χ2v) is 6.93. The number of rotatable bonds is 4. The highest BCUT2D eigenvalue weighted by molar-refractivity contribution is 7.99. The highest BCUT2D eigenvalue weighted by Gasteiger charge is 2.40. The van der Waals surface area contributed by atoms with E-state index in [0.29, 0.717) is 10.4 Å². The Morgan fingerprint density at radius 1 is 1.52 bits per heavy atom. The minimum atomic E-state index is -0.344. The highest BCUT2D eigenvalue weighted by atomic mass is 32.2. The molecule has 1 saturated carbocycles. The lowest BCUT2D eigenvalue weighted by atomic mass is 9.92. The number of methoxy groups -OCH3 is 1. The van der Waals surface area contributed by atoms with Gasteiger partial charge in [-0.25, -0.2) is 4.68 Å². The fraction of sp³-hybridized carbons (Fsp3) is 0.846. The first kappa shape index (κ1) is 14.8. The third-order valence-corrected chi connectivity index (χ3v) is 5.48. The number of ether oxygens (including phenoxy) is 2. The monoisotopic (exact) mass is 312 g/mol. The van der Waals surface area contributed by atoms with E-state index >= 15 is 0 Å². The Labute approximate surface area is 127 Å². The molecule has 0 N–H and O–H groups in total. The molecule has 7 nitrogen and oxygen atoms in total. The average Bonchev–Trinajstić information content (AvgIpc) is 3.10. The van der Waals surface area contributed by atoms with Crippen molar-refractivity contribution >= 4 is 17.7 Å². The molecular weight excluding hydrogens is 292 g/mol. The topological polar surface area (TPSA) is 79.1 Å². The fourth-order valence-corrected chi connectivity index (χ4v) is 4.37. The maximum atomic E-state index is 11.4. The van der Waals surface area contributed by atoms with Crippen molar-refractivity contribution < 1.29 is 14.3 Å². The Hall–Kier alpha value is -1.15. The molecule has 1 aliphatic carbocycles. The van der Waals surface area contributed by atoms with E-state index in [1.807, 2.05) is 0 Å². The van der Waals surface area contributed by atoms with Crippen LogP contribution in [0.25, 0.3) is 0 Å². The summed E-state index contributed by atoms with van der Waals surface area (Å²) in [4.78, 5) is 11.4. The van der Waals surface area contributed by atoms with Crippen LogP contribution in [-0.2, 0) is 20.8 Å². The van der Waals surface area contributed by atoms with Crippen molar-refractivity contribution in [3.8, 4) is 0 Å². The second-order valence-electron chi connectivity index (χ2n) is 5.67. The summed E-state index contributed by atoms with van der Waals surface area (Å²) in [7, 11) is 1.36. The van der Waals surface area contributed by atoms with Crippen LogP contribution < -0.4 is 0 Å². The van der Waals surface area contributed by atoms with Crippen molar-refractivity contribution in [2.24, 2.45) is 0 Å². The molecule has 21 heavy (non-hydrogen) atoms. The minimum absolute atomic E-state index is 0.0558. The second kappa shape index (κ2) is 6.31. The van der Waals surface area contributed by atoms with Crippen LogP contribution in [0.2, 0.25) is 0 Å². The number of thioether (sulfide) groups is 1. The molecule has 1 unspecified atom stereocenters. The molecule has 2 heterocycles. The van der Waals surface area contributed by atoms with E-state index < -0.39 is 0 Å². The zero-order valence-corrected chi connectivity index (χ0v) is 13.0. The van der Waals surface area contributed by atoms with Gasteiger partial charge in [0.05, 0.1) is 12.7 Å². The van der Waals surface area contributed by atoms with Gasteiger partial charge in [-0.3, -0.25) is 4.79 Å². The van der Waals surface area contributed by atoms with Crippen molar-refractivity contribution in [1.29, 1.82) is 0 Å². The van der Waals surface area contributed by atoms with Crippen LogP contribution in [0.3, 0.4) is 0 Å². The number of nitrogens with zero attached hydrogens (tertiary/aromatic N) is 4. The Morgan fingerprint density at radius 2 is 2.33 bits per heavy atom. The first-order chi connectivity index (χ1) is 10.2. The fourth-order valence-electron chi connectivity index (χ4n) is 3.17. The third kappa shape index (κ3) is 3.37. The van der Waals surface area contributed by atoms with Crippen molar-refractivity contribution in [3.63, 3.8) is 0 Å². The van der Waals surface area contributed by atoms with Crippen molar-refractivity contribution in [2.75, 3.05) is 13.7 Å². The van der Waals surface area contributed by atoms with Crippen LogP contribution in [-0.4, -0.2) is 50.7 Å². The first-order valence-electron chi connectivity index (χ1n) is 7.34. The summed E-state index contributed by atoms with van der Waals surface area (Å²) in [5, 5.41) is 12.7. The third-order valence-electron chi connectivity index (χ3n) is 4.24. The van der Waals surface area contributed by atoms with Crippen molar-refractivity contribution in [1.82, 2.24) is 20.2 Å². The Morgan fingerprint density at radius 3 is 3.10 bits per heavy atom. The molecule has 1 atom stereocenters. The van der Waals surface area contributed by atoms with Crippen molar-refractivity contribution in [2.45, 2.75) is 61.1 Å². The smallest absolute Gasteiger partial charge is 0.327 e. The van der Waals surface area contributed by atoms with Gasteiger partial charge in [-0.1, -0.05) is 24.6 Å². The van der Waals surface area contributed by atoms with Gasteiger partial charge >= 0.3 is 5.97 Å². The number of carbonyl (C=O) groups is 1. The summed E-state index contributed by atoms with van der Waals surface area (Å²) in [6.07, 6.45) is 6.89. The van der Waals surface area contributed by atoms with Crippen molar-refractivity contribution in [3.05, 3.63) is 0 Å². The maximum absolute atomic E-state index is 11.4. The molecule has 1 spiro atoms. The standard InChI is InChI=1S/C13H20N4O3S/c1-19-11(18)9-17-12(14-15-16-17)21-10-4-7-20-13(8-10)5-2-3-6-13/h10H,2-9H2,1H3. The lowest BCUT2D eigenvalue weighted by Crippen LogP contribution is -2.38. The van der Waals surface area contributed by atoms with Crippen LogP contribution >= 0.6 is 11.8 Å². The summed E-state index contributed by atoms with van der Waals surface area (Å²) >= 11 is 1.65. The van der Waals surface area contributed by atoms with Gasteiger partial charge in [0.1, 0.15) is 6.54 Å². The molecule has 1 aliphatic heterocycles. The molecule has 0 bridgehead atoms.